The van der Waals surface area contributed by atoms with E-state index in [0.717, 1.165) is 10.9 Å². The Bertz CT molecular complexity index is 2130. The van der Waals surface area contributed by atoms with Crippen LogP contribution in [0, 0.1) is 0 Å². The Labute approximate surface area is 333 Å². The number of phosphoric ester groups is 1. The standard InChI is InChI=1S/C29H44N12O16P2/c1-29(2,3)56-28(45)37-14(5-4-7-36-39-32)26(43)55-22-17(54-25(21(22)42)41-13-35-20-23(31)33-12-34-24(20)41)11-52-59(49,50)57-15-9-19(40-8-6-18(30)38-27(40)44)53-16(15)10-51-58(46,47)48/h6,8,12-17,19,21-22,25,42,49-50,59H,4-5,7,9-11H2,1-3H3,(H,37,45)(H2,30,38,44)(H2,31,33,34)(H2,46,47,48)/t14-,15-,16+,17+,19+,21+,22+,25+/m0/s1. The van der Waals surface area contributed by atoms with Gasteiger partial charge in [-0.3, -0.25) is 0 Å². The quantitative estimate of drug-likeness (QED) is 0.0213. The molecule has 3 aromatic heterocycles. The van der Waals surface area contributed by atoms with Gasteiger partial charge in [-0.15, -0.1) is 0 Å². The Morgan fingerprint density at radius 3 is 2.59 bits per heavy atom. The molecule has 1 amide bonds. The molecule has 326 valence electrons. The number of aliphatic hydroxyl groups is 1. The molecule has 0 spiro atoms. The number of aliphatic hydroxyl groups excluding tert-OH is 1. The summed E-state index contributed by atoms with van der Waals surface area (Å²) in [5.41, 5.74) is 18.6. The molecule has 8 atom stereocenters. The molecular formula is C29H44N12O16P2. The zero-order valence-electron chi connectivity index (χ0n) is 31.5. The number of anilines is 2. The number of imidazole rings is 1. The number of rotatable bonds is 17. The first-order valence-electron chi connectivity index (χ1n) is 17.6. The van der Waals surface area contributed by atoms with Crippen molar-refractivity contribution in [3.05, 3.63) is 45.8 Å². The maximum atomic E-state index is 13.7. The molecule has 0 saturated carbocycles. The van der Waals surface area contributed by atoms with Crippen LogP contribution in [0.4, 0.5) is 16.4 Å². The Balaban J connectivity index is 1.37. The molecule has 30 heteroatoms. The van der Waals surface area contributed by atoms with Crippen molar-refractivity contribution in [2.75, 3.05) is 31.2 Å². The van der Waals surface area contributed by atoms with Crippen molar-refractivity contribution in [3.63, 3.8) is 0 Å². The number of carbonyl (C=O) groups excluding carboxylic acids is 2. The summed E-state index contributed by atoms with van der Waals surface area (Å²) in [4.78, 5) is 98.0. The second-order valence-corrected chi connectivity index (χ2v) is 16.9. The molecule has 2 aliphatic rings. The number of aromatic nitrogens is 6. The monoisotopic (exact) mass is 878 g/mol. The molecule has 0 unspecified atom stereocenters. The molecule has 2 fully saturated rings. The zero-order valence-corrected chi connectivity index (χ0v) is 33.4. The molecule has 28 nitrogen and oxygen atoms in total. The van der Waals surface area contributed by atoms with Gasteiger partial charge in [0.1, 0.15) is 0 Å². The zero-order chi connectivity index (χ0) is 43.3. The van der Waals surface area contributed by atoms with E-state index in [1.807, 2.05) is 0 Å². The Morgan fingerprint density at radius 1 is 1.17 bits per heavy atom. The number of phosphoric acid groups is 1. The number of azide groups is 1. The average molecular weight is 879 g/mol. The van der Waals surface area contributed by atoms with E-state index in [0.29, 0.717) is 0 Å². The molecule has 5 rings (SSSR count). The Morgan fingerprint density at radius 2 is 1.92 bits per heavy atom. The van der Waals surface area contributed by atoms with E-state index in [-0.39, 0.29) is 48.6 Å². The summed E-state index contributed by atoms with van der Waals surface area (Å²) in [6.45, 7) is 3.06. The number of hydrogen-bond acceptors (Lipinski definition) is 21. The first kappa shape index (κ1) is 45.4. The van der Waals surface area contributed by atoms with Gasteiger partial charge in [0.15, 0.2) is 0 Å². The average Bonchev–Trinajstić information content (AvgIpc) is 3.82. The summed E-state index contributed by atoms with van der Waals surface area (Å²) in [5, 5.41) is 17.4. The van der Waals surface area contributed by atoms with E-state index in [1.165, 1.54) is 23.2 Å². The number of fused-ring (bicyclic) bond motifs is 1. The maximum absolute atomic E-state index is 13.7. The number of nitrogens with one attached hydrogen (secondary N) is 1. The van der Waals surface area contributed by atoms with Crippen LogP contribution in [0.3, 0.4) is 0 Å². The summed E-state index contributed by atoms with van der Waals surface area (Å²) in [7, 11) is -10.4. The van der Waals surface area contributed by atoms with Gasteiger partial charge in [0.2, 0.25) is 0 Å². The molecule has 10 N–H and O–H groups in total. The van der Waals surface area contributed by atoms with Crippen LogP contribution >= 0.6 is 16.0 Å². The Kier molecular flexibility index (Phi) is 14.4. The number of nitrogen functional groups attached to an aromatic ring is 2. The second kappa shape index (κ2) is 18.7. The molecule has 0 radical (unpaired) electrons. The van der Waals surface area contributed by atoms with Crippen molar-refractivity contribution in [1.82, 2.24) is 34.4 Å². The number of amides is 1. The van der Waals surface area contributed by atoms with Crippen LogP contribution in [0.1, 0.15) is 52.5 Å². The van der Waals surface area contributed by atoms with Gasteiger partial charge < -0.3 is 0 Å². The van der Waals surface area contributed by atoms with Gasteiger partial charge in [-0.1, -0.05) is 0 Å². The minimum atomic E-state index is -5.35. The summed E-state index contributed by atoms with van der Waals surface area (Å²) in [6, 6.07) is -0.132. The van der Waals surface area contributed by atoms with Crippen molar-refractivity contribution >= 4 is 50.9 Å². The minimum absolute atomic E-state index is 0.00505. The topological polar surface area (TPSA) is 408 Å². The Hall–Kier alpha value is -4.66. The number of nitrogens with zero attached hydrogens (tertiary/aromatic N) is 9. The molecule has 2 aliphatic heterocycles. The molecule has 0 aliphatic carbocycles. The summed E-state index contributed by atoms with van der Waals surface area (Å²) in [6.07, 6.45) is -8.13. The molecule has 2 saturated heterocycles. The van der Waals surface area contributed by atoms with Gasteiger partial charge in [-0.2, -0.15) is 0 Å². The first-order valence-corrected chi connectivity index (χ1v) is 20.8. The normalized spacial score (nSPS) is 24.4. The van der Waals surface area contributed by atoms with Crippen LogP contribution in [0.2, 0.25) is 0 Å². The predicted molar refractivity (Wildman–Crippen MR) is 199 cm³/mol. The molecule has 3 aromatic rings. The fourth-order valence-corrected chi connectivity index (χ4v) is 7.43. The van der Waals surface area contributed by atoms with Crippen molar-refractivity contribution in [2.45, 2.75) is 94.7 Å². The van der Waals surface area contributed by atoms with Crippen molar-refractivity contribution in [2.24, 2.45) is 5.11 Å². The third-order valence-corrected chi connectivity index (χ3v) is 10.1. The predicted octanol–water partition coefficient (Wildman–Crippen LogP) is -0.405. The van der Waals surface area contributed by atoms with Gasteiger partial charge in [0.05, 0.1) is 0 Å². The van der Waals surface area contributed by atoms with Crippen LogP contribution < -0.4 is 22.5 Å². The number of esters is 1. The molecule has 59 heavy (non-hydrogen) atoms. The fraction of sp³-hybridized carbons (Fsp3) is 0.621. The fourth-order valence-electron chi connectivity index (χ4n) is 5.99. The molecule has 0 aromatic carbocycles. The van der Waals surface area contributed by atoms with Gasteiger partial charge >= 0.3 is 328 Å². The molecule has 0 bridgehead atoms. The van der Waals surface area contributed by atoms with Crippen molar-refractivity contribution < 1.29 is 71.4 Å². The van der Waals surface area contributed by atoms with Gasteiger partial charge in [0, 0.05) is 0 Å². The number of hydrogen-bond donors (Lipinski definition) is 8. The third-order valence-electron chi connectivity index (χ3n) is 8.50. The van der Waals surface area contributed by atoms with E-state index in [4.69, 9.17) is 45.0 Å². The van der Waals surface area contributed by atoms with Crippen molar-refractivity contribution in [3.8, 4) is 0 Å². The van der Waals surface area contributed by atoms with Crippen LogP contribution in [-0.4, -0.2) is 128 Å². The van der Waals surface area contributed by atoms with Crippen LogP contribution in [0.25, 0.3) is 21.6 Å². The van der Waals surface area contributed by atoms with Crippen molar-refractivity contribution in [1.29, 1.82) is 0 Å². The summed E-state index contributed by atoms with van der Waals surface area (Å²) in [5.74, 6) is -1.21. The molecule has 5 heterocycles. The number of carbonyl (C=O) groups is 2. The van der Waals surface area contributed by atoms with E-state index in [9.17, 15) is 43.6 Å². The third kappa shape index (κ3) is 12.2. The second-order valence-electron chi connectivity index (χ2n) is 14.0. The number of ether oxygens (including phenoxy) is 4. The van der Waals surface area contributed by atoms with Crippen LogP contribution in [0.5, 0.6) is 0 Å². The number of alkyl carbamates (subject to hydrolysis) is 1. The van der Waals surface area contributed by atoms with Gasteiger partial charge in [0.25, 0.3) is 0 Å². The first-order chi connectivity index (χ1) is 27.6. The van der Waals surface area contributed by atoms with Gasteiger partial charge in [-0.05, 0) is 5.53 Å². The van der Waals surface area contributed by atoms with Gasteiger partial charge in [-0.25, -0.2) is 0 Å². The summed E-state index contributed by atoms with van der Waals surface area (Å²) < 4.78 is 51.9. The molecular weight excluding hydrogens is 834 g/mol. The summed E-state index contributed by atoms with van der Waals surface area (Å²) >= 11 is 0. The van der Waals surface area contributed by atoms with E-state index < -0.39 is 102 Å². The van der Waals surface area contributed by atoms with Crippen LogP contribution in [-0.2, 0) is 41.9 Å². The number of nitrogens with two attached hydrogens (primary N) is 2. The van der Waals surface area contributed by atoms with E-state index in [1.54, 1.807) is 20.8 Å². The van der Waals surface area contributed by atoms with E-state index >= 15 is 0 Å². The van der Waals surface area contributed by atoms with Crippen LogP contribution in [0.15, 0.2) is 34.8 Å². The SMILES string of the molecule is CC(C)(C)OC(=O)N[C@@H](CCCN=[N+]=[N-])C(=O)O[C@H]1[C@@H](O)[C@H](n2cnc3c(N)ncnc32)O[C@@H]1CO[PH](O)(O)O[C@H]1C[C@H](n2ccc(N)nc2=O)O[C@@H]1COP(=O)(O)O. The van der Waals surface area contributed by atoms with E-state index in [2.05, 4.69) is 39.8 Å².